The number of alkyl halides is 2. The van der Waals surface area contributed by atoms with Crippen molar-refractivity contribution in [2.24, 2.45) is 0 Å². The van der Waals surface area contributed by atoms with Crippen LogP contribution in [0.2, 0.25) is 0 Å². The zero-order chi connectivity index (χ0) is 22.7. The summed E-state index contributed by atoms with van der Waals surface area (Å²) in [7, 11) is 2.91. The minimum Gasteiger partial charge on any atom is -0.496 e. The molecule has 0 aliphatic heterocycles. The third kappa shape index (κ3) is 4.38. The van der Waals surface area contributed by atoms with Gasteiger partial charge in [0.25, 0.3) is 6.43 Å². The molecule has 1 aromatic heterocycles. The first-order valence-corrected chi connectivity index (χ1v) is 10.4. The molecule has 0 saturated heterocycles. The number of methoxy groups -OCH3 is 2. The summed E-state index contributed by atoms with van der Waals surface area (Å²) < 4.78 is 37.7. The van der Waals surface area contributed by atoms with E-state index in [9.17, 15) is 8.78 Å². The van der Waals surface area contributed by atoms with Gasteiger partial charge in [0.05, 0.1) is 42.6 Å². The molecule has 3 rings (SSSR count). The van der Waals surface area contributed by atoms with Gasteiger partial charge < -0.3 is 9.47 Å². The van der Waals surface area contributed by atoms with Crippen LogP contribution in [0.5, 0.6) is 11.5 Å². The lowest BCUT2D eigenvalue weighted by atomic mass is 9.98. The van der Waals surface area contributed by atoms with Crippen molar-refractivity contribution >= 4 is 0 Å². The molecule has 0 unspecified atom stereocenters. The molecule has 0 fully saturated rings. The largest absolute Gasteiger partial charge is 0.496 e. The zero-order valence-corrected chi connectivity index (χ0v) is 18.8. The number of rotatable bonds is 7. The first-order chi connectivity index (χ1) is 14.8. The first kappa shape index (κ1) is 22.7. The minimum atomic E-state index is -2.63. The van der Waals surface area contributed by atoms with Crippen LogP contribution in [-0.2, 0) is 12.8 Å². The van der Waals surface area contributed by atoms with Crippen molar-refractivity contribution in [3.05, 3.63) is 58.4 Å². The number of aryl methyl sites for hydroxylation is 4. The molecule has 3 aromatic rings. The number of nitrogens with zero attached hydrogens (tertiary/aromatic N) is 2. The molecule has 0 spiro atoms. The molecular weight excluding hydrogens is 398 g/mol. The molecule has 0 saturated carbocycles. The predicted molar refractivity (Wildman–Crippen MR) is 119 cm³/mol. The lowest BCUT2D eigenvalue weighted by molar-refractivity contribution is 0.150. The van der Waals surface area contributed by atoms with Gasteiger partial charge in [-0.3, -0.25) is 0 Å². The maximum atomic E-state index is 13.4. The number of benzene rings is 2. The Bertz CT molecular complexity index is 1070. The monoisotopic (exact) mass is 426 g/mol. The fourth-order valence-electron chi connectivity index (χ4n) is 3.70. The molecule has 164 valence electrons. The van der Waals surface area contributed by atoms with E-state index in [-0.39, 0.29) is 5.56 Å². The molecule has 4 nitrogen and oxygen atoms in total. The second kappa shape index (κ2) is 9.41. The lowest BCUT2D eigenvalue weighted by Gasteiger charge is -2.19. The topological polar surface area (TPSA) is 44.2 Å². The van der Waals surface area contributed by atoms with Gasteiger partial charge in [0.1, 0.15) is 11.5 Å². The standard InChI is InChI=1S/C25H28F2N2O2/c1-7-18-23(17-11-14(3)9-10-15(17)4)28-19(8-2)24(29-18)22-20(30-5)12-16(25(26)27)13-21(22)31-6/h9-13,25H,7-8H2,1-6H3. The van der Waals surface area contributed by atoms with Crippen LogP contribution in [0, 0.1) is 13.8 Å². The summed E-state index contributed by atoms with van der Waals surface area (Å²) in [4.78, 5) is 9.96. The van der Waals surface area contributed by atoms with E-state index in [2.05, 4.69) is 32.0 Å². The van der Waals surface area contributed by atoms with Gasteiger partial charge in [0.15, 0.2) is 0 Å². The van der Waals surface area contributed by atoms with Crippen molar-refractivity contribution in [2.75, 3.05) is 14.2 Å². The average molecular weight is 427 g/mol. The van der Waals surface area contributed by atoms with Crippen LogP contribution in [0.25, 0.3) is 22.5 Å². The van der Waals surface area contributed by atoms with E-state index in [0.29, 0.717) is 35.6 Å². The van der Waals surface area contributed by atoms with Gasteiger partial charge in [-0.2, -0.15) is 0 Å². The minimum absolute atomic E-state index is 0.161. The summed E-state index contributed by atoms with van der Waals surface area (Å²) in [5, 5.41) is 0. The van der Waals surface area contributed by atoms with Gasteiger partial charge in [-0.05, 0) is 50.5 Å². The van der Waals surface area contributed by atoms with E-state index >= 15 is 0 Å². The summed E-state index contributed by atoms with van der Waals surface area (Å²) >= 11 is 0. The normalized spacial score (nSPS) is 11.1. The van der Waals surface area contributed by atoms with Crippen molar-refractivity contribution in [1.29, 1.82) is 0 Å². The van der Waals surface area contributed by atoms with Crippen molar-refractivity contribution < 1.29 is 18.3 Å². The van der Waals surface area contributed by atoms with E-state index in [1.54, 1.807) is 0 Å². The Balaban J connectivity index is 2.32. The van der Waals surface area contributed by atoms with Crippen LogP contribution in [0.1, 0.15) is 48.4 Å². The SMILES string of the molecule is CCc1nc(-c2c(OC)cc(C(F)F)cc2OC)c(CC)nc1-c1cc(C)ccc1C. The third-order valence-corrected chi connectivity index (χ3v) is 5.38. The number of halogens is 2. The van der Waals surface area contributed by atoms with E-state index in [4.69, 9.17) is 19.4 Å². The maximum absolute atomic E-state index is 13.4. The molecule has 0 radical (unpaired) electrons. The molecule has 1 heterocycles. The van der Waals surface area contributed by atoms with Crippen molar-refractivity contribution in [3.8, 4) is 34.0 Å². The quantitative estimate of drug-likeness (QED) is 0.432. The van der Waals surface area contributed by atoms with Crippen LogP contribution in [0.3, 0.4) is 0 Å². The lowest BCUT2D eigenvalue weighted by Crippen LogP contribution is -2.07. The van der Waals surface area contributed by atoms with Crippen LogP contribution in [-0.4, -0.2) is 24.2 Å². The Labute approximate surface area is 182 Å². The smallest absolute Gasteiger partial charge is 0.264 e. The highest BCUT2D eigenvalue weighted by atomic mass is 19.3. The van der Waals surface area contributed by atoms with Crippen LogP contribution in [0.4, 0.5) is 8.78 Å². The molecule has 2 aromatic carbocycles. The number of hydrogen-bond acceptors (Lipinski definition) is 4. The summed E-state index contributed by atoms with van der Waals surface area (Å²) in [6.07, 6.45) is -1.34. The van der Waals surface area contributed by atoms with Crippen LogP contribution >= 0.6 is 0 Å². The zero-order valence-electron chi connectivity index (χ0n) is 18.8. The van der Waals surface area contributed by atoms with Gasteiger partial charge in [0, 0.05) is 11.1 Å². The molecule has 0 aliphatic carbocycles. The van der Waals surface area contributed by atoms with Crippen molar-refractivity contribution in [1.82, 2.24) is 9.97 Å². The van der Waals surface area contributed by atoms with Gasteiger partial charge in [-0.15, -0.1) is 0 Å². The number of hydrogen-bond donors (Lipinski definition) is 0. The Morgan fingerprint density at radius 3 is 1.90 bits per heavy atom. The summed E-state index contributed by atoms with van der Waals surface area (Å²) in [6, 6.07) is 8.96. The third-order valence-electron chi connectivity index (χ3n) is 5.38. The average Bonchev–Trinajstić information content (AvgIpc) is 2.78. The van der Waals surface area contributed by atoms with E-state index in [0.717, 1.165) is 33.8 Å². The second-order valence-electron chi connectivity index (χ2n) is 7.44. The van der Waals surface area contributed by atoms with Crippen LogP contribution < -0.4 is 9.47 Å². The van der Waals surface area contributed by atoms with Gasteiger partial charge in [-0.1, -0.05) is 31.5 Å². The highest BCUT2D eigenvalue weighted by molar-refractivity contribution is 5.78. The van der Waals surface area contributed by atoms with Crippen molar-refractivity contribution in [3.63, 3.8) is 0 Å². The Hall–Kier alpha value is -3.02. The molecule has 6 heteroatoms. The summed E-state index contributed by atoms with van der Waals surface area (Å²) in [5.41, 5.74) is 6.76. The molecule has 0 atom stereocenters. The van der Waals surface area contributed by atoms with Crippen molar-refractivity contribution in [2.45, 2.75) is 47.0 Å². The highest BCUT2D eigenvalue weighted by Gasteiger charge is 2.24. The molecular formula is C25H28F2N2O2. The molecule has 0 N–H and O–H groups in total. The molecule has 0 amide bonds. The van der Waals surface area contributed by atoms with Crippen LogP contribution in [0.15, 0.2) is 30.3 Å². The fourth-order valence-corrected chi connectivity index (χ4v) is 3.70. The fraction of sp³-hybridized carbons (Fsp3) is 0.360. The highest BCUT2D eigenvalue weighted by Crippen LogP contribution is 2.43. The first-order valence-electron chi connectivity index (χ1n) is 10.4. The van der Waals surface area contributed by atoms with E-state index in [1.807, 2.05) is 13.8 Å². The Kier molecular flexibility index (Phi) is 6.88. The Morgan fingerprint density at radius 1 is 0.839 bits per heavy atom. The summed E-state index contributed by atoms with van der Waals surface area (Å²) in [6.45, 7) is 8.14. The molecule has 31 heavy (non-hydrogen) atoms. The summed E-state index contributed by atoms with van der Waals surface area (Å²) in [5.74, 6) is 0.584. The predicted octanol–water partition coefficient (Wildman–Crippen LogP) is 6.51. The second-order valence-corrected chi connectivity index (χ2v) is 7.44. The molecule has 0 aliphatic rings. The molecule has 0 bridgehead atoms. The number of ether oxygens (including phenoxy) is 2. The van der Waals surface area contributed by atoms with Gasteiger partial charge in [0.2, 0.25) is 0 Å². The van der Waals surface area contributed by atoms with Gasteiger partial charge in [-0.25, -0.2) is 18.7 Å². The maximum Gasteiger partial charge on any atom is 0.264 e. The van der Waals surface area contributed by atoms with Gasteiger partial charge >= 0.3 is 0 Å². The number of aromatic nitrogens is 2. The van der Waals surface area contributed by atoms with E-state index in [1.165, 1.54) is 26.4 Å². The Morgan fingerprint density at radius 2 is 1.39 bits per heavy atom. The van der Waals surface area contributed by atoms with E-state index < -0.39 is 6.43 Å².